The number of ether oxygens (including phenoxy) is 5. The molecule has 162 valence electrons. The summed E-state index contributed by atoms with van der Waals surface area (Å²) < 4.78 is 26.9. The summed E-state index contributed by atoms with van der Waals surface area (Å²) in [5.74, 6) is 2.17. The van der Waals surface area contributed by atoms with Crippen molar-refractivity contribution in [1.82, 2.24) is 0 Å². The van der Waals surface area contributed by atoms with Gasteiger partial charge < -0.3 is 23.7 Å². The molecule has 0 aromatic heterocycles. The van der Waals surface area contributed by atoms with Crippen LogP contribution in [-0.2, 0) is 0 Å². The molecule has 0 saturated carbocycles. The fourth-order valence-corrected chi connectivity index (χ4v) is 3.50. The molecule has 0 heterocycles. The second kappa shape index (κ2) is 9.89. The molecule has 0 amide bonds. The summed E-state index contributed by atoms with van der Waals surface area (Å²) in [6, 6.07) is 18.1. The Kier molecular flexibility index (Phi) is 7.03. The van der Waals surface area contributed by atoms with Crippen LogP contribution >= 0.6 is 0 Å². The van der Waals surface area contributed by atoms with Gasteiger partial charge >= 0.3 is 0 Å². The molecule has 1 unspecified atom stereocenters. The summed E-state index contributed by atoms with van der Waals surface area (Å²) in [4.78, 5) is 13.8. The summed E-state index contributed by atoms with van der Waals surface area (Å²) >= 11 is 0. The van der Waals surface area contributed by atoms with Crippen molar-refractivity contribution in [3.8, 4) is 28.7 Å². The lowest BCUT2D eigenvalue weighted by atomic mass is 9.84. The van der Waals surface area contributed by atoms with E-state index in [4.69, 9.17) is 23.7 Å². The lowest BCUT2D eigenvalue weighted by Crippen LogP contribution is -2.15. The highest BCUT2D eigenvalue weighted by Gasteiger charge is 2.26. The molecule has 0 aliphatic rings. The predicted molar refractivity (Wildman–Crippen MR) is 118 cm³/mol. The van der Waals surface area contributed by atoms with E-state index in [1.54, 1.807) is 59.8 Å². The van der Waals surface area contributed by atoms with E-state index < -0.39 is 5.92 Å². The van der Waals surface area contributed by atoms with Gasteiger partial charge in [0, 0.05) is 5.56 Å². The molecule has 6 nitrogen and oxygen atoms in total. The van der Waals surface area contributed by atoms with E-state index in [9.17, 15) is 4.79 Å². The molecule has 6 heteroatoms. The minimum Gasteiger partial charge on any atom is -0.497 e. The number of rotatable bonds is 9. The number of ketones is 1. The van der Waals surface area contributed by atoms with Crippen molar-refractivity contribution in [2.75, 3.05) is 35.5 Å². The molecule has 3 aromatic carbocycles. The van der Waals surface area contributed by atoms with Gasteiger partial charge in [0.2, 0.25) is 0 Å². The quantitative estimate of drug-likeness (QED) is 0.464. The zero-order chi connectivity index (χ0) is 22.4. The number of Topliss-reactive ketones (excluding diaryl/α,β-unsaturated/α-hetero) is 1. The SMILES string of the molecule is COc1cccc(C(C(=O)c2ccc(OC)c(OC)c2)c2ccc(OC)c(OC)c2)c1. The summed E-state index contributed by atoms with van der Waals surface area (Å²) in [5.41, 5.74) is 2.07. The van der Waals surface area contributed by atoms with E-state index in [1.807, 2.05) is 36.4 Å². The van der Waals surface area contributed by atoms with Gasteiger partial charge in [-0.3, -0.25) is 4.79 Å². The van der Waals surface area contributed by atoms with Crippen molar-refractivity contribution in [2.24, 2.45) is 0 Å². The maximum atomic E-state index is 13.8. The average Bonchev–Trinajstić information content (AvgIpc) is 2.83. The molecular weight excluding hydrogens is 396 g/mol. The molecule has 0 aliphatic heterocycles. The molecule has 3 rings (SSSR count). The van der Waals surface area contributed by atoms with E-state index in [0.717, 1.165) is 11.1 Å². The van der Waals surface area contributed by atoms with Crippen molar-refractivity contribution in [1.29, 1.82) is 0 Å². The third-order valence-corrected chi connectivity index (χ3v) is 5.10. The highest BCUT2D eigenvalue weighted by atomic mass is 16.5. The summed E-state index contributed by atoms with van der Waals surface area (Å²) in [7, 11) is 7.84. The smallest absolute Gasteiger partial charge is 0.174 e. The maximum absolute atomic E-state index is 13.8. The third kappa shape index (κ3) is 4.58. The van der Waals surface area contributed by atoms with Crippen LogP contribution in [0.15, 0.2) is 60.7 Å². The Morgan fingerprint density at radius 1 is 0.613 bits per heavy atom. The highest BCUT2D eigenvalue weighted by Crippen LogP contribution is 2.37. The van der Waals surface area contributed by atoms with Crippen molar-refractivity contribution in [2.45, 2.75) is 5.92 Å². The van der Waals surface area contributed by atoms with Gasteiger partial charge in [0.05, 0.1) is 41.5 Å². The van der Waals surface area contributed by atoms with E-state index in [0.29, 0.717) is 34.3 Å². The summed E-state index contributed by atoms with van der Waals surface area (Å²) in [6.07, 6.45) is 0. The first-order chi connectivity index (χ1) is 15.1. The van der Waals surface area contributed by atoms with Crippen LogP contribution in [0.4, 0.5) is 0 Å². The van der Waals surface area contributed by atoms with Crippen LogP contribution in [0.2, 0.25) is 0 Å². The third-order valence-electron chi connectivity index (χ3n) is 5.10. The predicted octanol–water partition coefficient (Wildman–Crippen LogP) is 4.74. The van der Waals surface area contributed by atoms with Gasteiger partial charge in [-0.25, -0.2) is 0 Å². The van der Waals surface area contributed by atoms with Gasteiger partial charge in [-0.05, 0) is 53.6 Å². The first-order valence-corrected chi connectivity index (χ1v) is 9.68. The molecule has 0 bridgehead atoms. The number of carbonyl (C=O) groups is 1. The maximum Gasteiger partial charge on any atom is 0.174 e. The molecule has 31 heavy (non-hydrogen) atoms. The van der Waals surface area contributed by atoms with Crippen LogP contribution < -0.4 is 23.7 Å². The molecule has 0 fully saturated rings. The van der Waals surface area contributed by atoms with Crippen LogP contribution in [0.3, 0.4) is 0 Å². The standard InChI is InChI=1S/C25H26O6/c1-27-19-8-6-7-16(13-19)24(17-9-11-20(28-2)22(14-17)30-4)25(26)18-10-12-21(29-3)23(15-18)31-5/h6-15,24H,1-5H3. The minimum atomic E-state index is -0.590. The van der Waals surface area contributed by atoms with Gasteiger partial charge in [-0.15, -0.1) is 0 Å². The molecule has 0 saturated heterocycles. The Bertz CT molecular complexity index is 1060. The van der Waals surface area contributed by atoms with Gasteiger partial charge in [0.15, 0.2) is 28.8 Å². The molecule has 0 spiro atoms. The molecule has 1 atom stereocenters. The largest absolute Gasteiger partial charge is 0.497 e. The first kappa shape index (κ1) is 22.0. The monoisotopic (exact) mass is 422 g/mol. The number of hydrogen-bond donors (Lipinski definition) is 0. The van der Waals surface area contributed by atoms with E-state index in [2.05, 4.69) is 0 Å². The molecule has 0 N–H and O–H groups in total. The van der Waals surface area contributed by atoms with Crippen LogP contribution in [0, 0.1) is 0 Å². The van der Waals surface area contributed by atoms with Crippen LogP contribution in [0.1, 0.15) is 27.4 Å². The van der Waals surface area contributed by atoms with Crippen LogP contribution in [-0.4, -0.2) is 41.3 Å². The Balaban J connectivity index is 2.15. The second-order valence-electron chi connectivity index (χ2n) is 6.76. The van der Waals surface area contributed by atoms with Gasteiger partial charge in [0.1, 0.15) is 5.75 Å². The van der Waals surface area contributed by atoms with Gasteiger partial charge in [-0.2, -0.15) is 0 Å². The first-order valence-electron chi connectivity index (χ1n) is 9.68. The Hall–Kier alpha value is -3.67. The van der Waals surface area contributed by atoms with Crippen molar-refractivity contribution in [3.05, 3.63) is 77.4 Å². The topological polar surface area (TPSA) is 63.2 Å². The molecule has 0 aliphatic carbocycles. The zero-order valence-electron chi connectivity index (χ0n) is 18.3. The lowest BCUT2D eigenvalue weighted by molar-refractivity contribution is 0.0973. The van der Waals surface area contributed by atoms with Crippen molar-refractivity contribution in [3.63, 3.8) is 0 Å². The van der Waals surface area contributed by atoms with E-state index in [-0.39, 0.29) is 5.78 Å². The average molecular weight is 422 g/mol. The van der Waals surface area contributed by atoms with Crippen molar-refractivity contribution >= 4 is 5.78 Å². The number of benzene rings is 3. The van der Waals surface area contributed by atoms with Gasteiger partial charge in [0.25, 0.3) is 0 Å². The highest BCUT2D eigenvalue weighted by molar-refractivity contribution is 6.03. The fraction of sp³-hybridized carbons (Fsp3) is 0.240. The lowest BCUT2D eigenvalue weighted by Gasteiger charge is -2.20. The zero-order valence-corrected chi connectivity index (χ0v) is 18.3. The number of hydrogen-bond acceptors (Lipinski definition) is 6. The molecule has 0 radical (unpaired) electrons. The Morgan fingerprint density at radius 3 is 1.81 bits per heavy atom. The van der Waals surface area contributed by atoms with Gasteiger partial charge in [-0.1, -0.05) is 18.2 Å². The summed E-state index contributed by atoms with van der Waals surface area (Å²) in [6.45, 7) is 0. The van der Waals surface area contributed by atoms with Crippen LogP contribution in [0.5, 0.6) is 28.7 Å². The minimum absolute atomic E-state index is 0.0959. The second-order valence-corrected chi connectivity index (χ2v) is 6.76. The number of carbonyl (C=O) groups excluding carboxylic acids is 1. The van der Waals surface area contributed by atoms with Crippen LogP contribution in [0.25, 0.3) is 0 Å². The normalized spacial score (nSPS) is 11.4. The number of methoxy groups -OCH3 is 5. The summed E-state index contributed by atoms with van der Waals surface area (Å²) in [5, 5.41) is 0. The van der Waals surface area contributed by atoms with E-state index in [1.165, 1.54) is 0 Å². The molecule has 3 aromatic rings. The Labute approximate surface area is 182 Å². The Morgan fingerprint density at radius 2 is 1.19 bits per heavy atom. The molecular formula is C25H26O6. The fourth-order valence-electron chi connectivity index (χ4n) is 3.50. The van der Waals surface area contributed by atoms with E-state index >= 15 is 0 Å². The van der Waals surface area contributed by atoms with Crippen molar-refractivity contribution < 1.29 is 28.5 Å².